The monoisotopic (exact) mass is 129 g/mol. The summed E-state index contributed by atoms with van der Waals surface area (Å²) in [4.78, 5) is 0. The predicted molar refractivity (Wildman–Crippen MR) is 48.2 cm³/mol. The van der Waals surface area contributed by atoms with Gasteiger partial charge in [0.2, 0.25) is 0 Å². The molecule has 0 aromatic carbocycles. The van der Waals surface area contributed by atoms with Crippen molar-refractivity contribution in [2.75, 3.05) is 0 Å². The van der Waals surface area contributed by atoms with Crippen molar-refractivity contribution in [3.8, 4) is 0 Å². The molecule has 1 aliphatic rings. The van der Waals surface area contributed by atoms with Crippen LogP contribution in [0, 0.1) is 5.92 Å². The van der Waals surface area contributed by atoms with E-state index in [0.29, 0.717) is 0 Å². The van der Waals surface area contributed by atoms with Gasteiger partial charge in [-0.05, 0) is 13.3 Å². The van der Waals surface area contributed by atoms with Gasteiger partial charge in [0.15, 0.2) is 0 Å². The molecule has 0 amide bonds. The summed E-state index contributed by atoms with van der Waals surface area (Å²) in [5, 5.41) is 0. The molecule has 0 saturated heterocycles. The summed E-state index contributed by atoms with van der Waals surface area (Å²) >= 11 is 0. The second-order valence-corrected chi connectivity index (χ2v) is 2.55. The van der Waals surface area contributed by atoms with E-state index in [1.54, 1.807) is 0 Å². The maximum atomic E-state index is 2.25. The Labute approximate surface area is 75.6 Å². The van der Waals surface area contributed by atoms with Crippen molar-refractivity contribution < 1.29 is 0 Å². The molecule has 0 fully saturated rings. The van der Waals surface area contributed by atoms with Crippen LogP contribution in [0.15, 0.2) is 23.8 Å². The van der Waals surface area contributed by atoms with Crippen LogP contribution in [0.1, 0.15) is 26.7 Å². The third-order valence-corrected chi connectivity index (χ3v) is 1.51. The van der Waals surface area contributed by atoms with Crippen LogP contribution >= 0.6 is 0 Å². The molecule has 0 aromatic heterocycles. The van der Waals surface area contributed by atoms with Gasteiger partial charge in [0, 0.05) is 5.92 Å². The zero-order valence-electron chi connectivity index (χ0n) is 6.15. The Morgan fingerprint density at radius 3 is 2.40 bits per heavy atom. The summed E-state index contributed by atoms with van der Waals surface area (Å²) in [5.74, 6) is 1.48. The fourth-order valence-electron chi connectivity index (χ4n) is 1.07. The molecule has 0 nitrogen and oxygen atoms in total. The van der Waals surface area contributed by atoms with Gasteiger partial charge in [-0.1, -0.05) is 37.1 Å². The van der Waals surface area contributed by atoms with Gasteiger partial charge in [-0.25, -0.2) is 0 Å². The summed E-state index contributed by atoms with van der Waals surface area (Å²) < 4.78 is 0. The molecule has 1 heteroatoms. The standard InChI is InChI=1S/C9H13.Li.H/c1-3-4-9-6-5-8(2)7-9;;/h5-7H,3-4H2,1-2H3;;. The Kier molecular flexibility index (Phi) is 4.86. The molecule has 0 saturated carbocycles. The first-order valence-electron chi connectivity index (χ1n) is 3.55. The van der Waals surface area contributed by atoms with E-state index in [0.717, 1.165) is 0 Å². The molecule has 1 rings (SSSR count). The molecule has 51 valence electrons. The molecule has 10 heavy (non-hydrogen) atoms. The van der Waals surface area contributed by atoms with Gasteiger partial charge >= 0.3 is 18.9 Å². The van der Waals surface area contributed by atoms with Crippen molar-refractivity contribution in [2.45, 2.75) is 26.7 Å². The molecular weight excluding hydrogens is 115 g/mol. The van der Waals surface area contributed by atoms with Gasteiger partial charge in [0.05, 0.1) is 0 Å². The first kappa shape index (κ1) is 10.1. The van der Waals surface area contributed by atoms with Gasteiger partial charge in [0.25, 0.3) is 0 Å². The minimum absolute atomic E-state index is 0. The van der Waals surface area contributed by atoms with Crippen LogP contribution in [-0.2, 0) is 0 Å². The van der Waals surface area contributed by atoms with E-state index in [1.807, 2.05) is 0 Å². The van der Waals surface area contributed by atoms with Crippen molar-refractivity contribution in [2.24, 2.45) is 0 Å². The van der Waals surface area contributed by atoms with E-state index in [4.69, 9.17) is 0 Å². The summed E-state index contributed by atoms with van der Waals surface area (Å²) in [6.07, 6.45) is 9.12. The van der Waals surface area contributed by atoms with Gasteiger partial charge in [-0.15, -0.1) is 0 Å². The average Bonchev–Trinajstić information content (AvgIpc) is 2.17. The fourth-order valence-corrected chi connectivity index (χ4v) is 1.07. The van der Waals surface area contributed by atoms with Gasteiger partial charge < -0.3 is 0 Å². The van der Waals surface area contributed by atoms with Crippen LogP contribution in [0.2, 0.25) is 0 Å². The first-order chi connectivity index (χ1) is 4.33. The van der Waals surface area contributed by atoms with Crippen molar-refractivity contribution in [3.05, 3.63) is 29.7 Å². The number of rotatable bonds is 2. The molecule has 1 radical (unpaired) electrons. The molecule has 0 unspecified atom stereocenters. The SMILES string of the molecule is CCC[C]1C=CC(C)=C1.[LiH]. The van der Waals surface area contributed by atoms with E-state index in [9.17, 15) is 0 Å². The third kappa shape index (κ3) is 2.77. The molecule has 0 atom stereocenters. The topological polar surface area (TPSA) is 0 Å². The Bertz CT molecular complexity index is 145. The molecule has 0 heterocycles. The van der Waals surface area contributed by atoms with Gasteiger partial charge in [-0.2, -0.15) is 0 Å². The Morgan fingerprint density at radius 1 is 1.30 bits per heavy atom. The Balaban J connectivity index is 0.000000810. The van der Waals surface area contributed by atoms with Crippen molar-refractivity contribution in [1.29, 1.82) is 0 Å². The van der Waals surface area contributed by atoms with E-state index in [-0.39, 0.29) is 18.9 Å². The first-order valence-corrected chi connectivity index (χ1v) is 3.55. The van der Waals surface area contributed by atoms with Crippen LogP contribution in [0.25, 0.3) is 0 Å². The van der Waals surface area contributed by atoms with E-state index < -0.39 is 0 Å². The number of hydrogen-bond donors (Lipinski definition) is 0. The molecular formula is C9H14Li. The predicted octanol–water partition coefficient (Wildman–Crippen LogP) is 2.23. The summed E-state index contributed by atoms with van der Waals surface area (Å²) in [7, 11) is 0. The molecule has 0 bridgehead atoms. The zero-order chi connectivity index (χ0) is 6.69. The summed E-state index contributed by atoms with van der Waals surface area (Å²) in [5.41, 5.74) is 1.39. The quantitative estimate of drug-likeness (QED) is 0.501. The Hall–Kier alpha value is 0.0774. The van der Waals surface area contributed by atoms with Gasteiger partial charge in [-0.3, -0.25) is 0 Å². The second-order valence-electron chi connectivity index (χ2n) is 2.55. The minimum atomic E-state index is 0. The van der Waals surface area contributed by atoms with Crippen LogP contribution in [-0.4, -0.2) is 18.9 Å². The molecule has 0 spiro atoms. The van der Waals surface area contributed by atoms with E-state index in [2.05, 4.69) is 32.1 Å². The van der Waals surface area contributed by atoms with Gasteiger partial charge in [0.1, 0.15) is 0 Å². The average molecular weight is 129 g/mol. The Morgan fingerprint density at radius 2 is 2.00 bits per heavy atom. The van der Waals surface area contributed by atoms with Crippen LogP contribution in [0.3, 0.4) is 0 Å². The molecule has 1 aliphatic carbocycles. The van der Waals surface area contributed by atoms with Crippen LogP contribution < -0.4 is 0 Å². The van der Waals surface area contributed by atoms with Crippen molar-refractivity contribution in [1.82, 2.24) is 0 Å². The van der Waals surface area contributed by atoms with Crippen molar-refractivity contribution >= 4 is 18.9 Å². The maximum absolute atomic E-state index is 2.25. The third-order valence-electron chi connectivity index (χ3n) is 1.51. The molecule has 0 aromatic rings. The van der Waals surface area contributed by atoms with Crippen LogP contribution in [0.5, 0.6) is 0 Å². The number of allylic oxidation sites excluding steroid dienone is 4. The second kappa shape index (κ2) is 4.83. The zero-order valence-corrected chi connectivity index (χ0v) is 6.15. The van der Waals surface area contributed by atoms with Crippen LogP contribution in [0.4, 0.5) is 0 Å². The summed E-state index contributed by atoms with van der Waals surface area (Å²) in [6.45, 7) is 4.35. The van der Waals surface area contributed by atoms with E-state index in [1.165, 1.54) is 24.3 Å². The number of hydrogen-bond acceptors (Lipinski definition) is 0. The summed E-state index contributed by atoms with van der Waals surface area (Å²) in [6, 6.07) is 0. The van der Waals surface area contributed by atoms with E-state index >= 15 is 0 Å². The molecule has 0 aliphatic heterocycles. The normalized spacial score (nSPS) is 16.8. The fraction of sp³-hybridized carbons (Fsp3) is 0.444. The van der Waals surface area contributed by atoms with Crippen molar-refractivity contribution in [3.63, 3.8) is 0 Å². The molecule has 0 N–H and O–H groups in total.